The molecule has 0 radical (unpaired) electrons. The molecule has 34 heavy (non-hydrogen) atoms. The summed E-state index contributed by atoms with van der Waals surface area (Å²) in [6.07, 6.45) is 3.59. The molecule has 0 unspecified atom stereocenters. The summed E-state index contributed by atoms with van der Waals surface area (Å²) in [5.41, 5.74) is 1.10. The Morgan fingerprint density at radius 2 is 1.76 bits per heavy atom. The third-order valence-corrected chi connectivity index (χ3v) is 6.46. The number of likely N-dealkylation sites (N-methyl/N-ethyl adjacent to an activating group) is 1. The number of nitrogens with zero attached hydrogens (tertiary/aromatic N) is 2. The van der Waals surface area contributed by atoms with E-state index >= 15 is 0 Å². The van der Waals surface area contributed by atoms with E-state index in [2.05, 4.69) is 5.32 Å². The largest absolute Gasteiger partial charge is 0.418 e. The Balaban J connectivity index is 1.80. The first-order valence-corrected chi connectivity index (χ1v) is 11.9. The maximum absolute atomic E-state index is 13.8. The molecule has 4 N–H and O–H groups in total. The molecule has 3 amide bonds. The van der Waals surface area contributed by atoms with Crippen LogP contribution in [0.3, 0.4) is 0 Å². The molecule has 0 bridgehead atoms. The van der Waals surface area contributed by atoms with Crippen LogP contribution >= 0.6 is 0 Å². The van der Waals surface area contributed by atoms with Crippen molar-refractivity contribution in [2.45, 2.75) is 52.5 Å². The van der Waals surface area contributed by atoms with Gasteiger partial charge in [0.25, 0.3) is 0 Å². The quantitative estimate of drug-likeness (QED) is 0.571. The first-order valence-electron chi connectivity index (χ1n) is 11.9. The molecule has 1 aromatic rings. The van der Waals surface area contributed by atoms with Crippen molar-refractivity contribution in [3.63, 3.8) is 0 Å². The molecule has 186 valence electrons. The molecule has 2 aliphatic rings. The SMILES string of the molecule is CN1CCC([NH2+]C(=O)N[C@H](C(=O)N2CCCCC2)C(C)(C)C)=C(C(=N)c2ccc(F)c(F)c2)C1. The maximum atomic E-state index is 13.8. The summed E-state index contributed by atoms with van der Waals surface area (Å²) in [6, 6.07) is 2.31. The number of quaternary nitrogens is 1. The maximum Gasteiger partial charge on any atom is 0.418 e. The topological polar surface area (TPSA) is 93.1 Å². The number of halogens is 2. The summed E-state index contributed by atoms with van der Waals surface area (Å²) in [5.74, 6) is -2.05. The van der Waals surface area contributed by atoms with E-state index in [1.807, 2.05) is 37.6 Å². The lowest BCUT2D eigenvalue weighted by molar-refractivity contribution is -0.507. The molecule has 0 saturated carbocycles. The molecule has 1 fully saturated rings. The molecule has 1 atom stereocenters. The fraction of sp³-hybridized carbons (Fsp3) is 0.560. The summed E-state index contributed by atoms with van der Waals surface area (Å²) in [5, 5.41) is 13.0. The van der Waals surface area contributed by atoms with Crippen molar-refractivity contribution in [3.05, 3.63) is 46.7 Å². The lowest BCUT2D eigenvalue weighted by atomic mass is 9.85. The Morgan fingerprint density at radius 3 is 2.38 bits per heavy atom. The van der Waals surface area contributed by atoms with Gasteiger partial charge in [0.2, 0.25) is 5.91 Å². The number of benzene rings is 1. The molecule has 0 aliphatic carbocycles. The van der Waals surface area contributed by atoms with E-state index in [-0.39, 0.29) is 23.2 Å². The smallest absolute Gasteiger partial charge is 0.341 e. The number of carbonyl (C=O) groups is 2. The van der Waals surface area contributed by atoms with Gasteiger partial charge in [-0.1, -0.05) is 20.8 Å². The highest BCUT2D eigenvalue weighted by molar-refractivity contribution is 6.11. The minimum absolute atomic E-state index is 0.0567. The lowest BCUT2D eigenvalue weighted by Crippen LogP contribution is -2.90. The van der Waals surface area contributed by atoms with E-state index in [4.69, 9.17) is 5.41 Å². The van der Waals surface area contributed by atoms with Gasteiger partial charge in [0.15, 0.2) is 11.6 Å². The molecule has 0 aromatic heterocycles. The Morgan fingerprint density at radius 1 is 1.09 bits per heavy atom. The highest BCUT2D eigenvalue weighted by Crippen LogP contribution is 2.23. The molecular weight excluding hydrogens is 440 g/mol. The van der Waals surface area contributed by atoms with Crippen LogP contribution in [0.4, 0.5) is 13.6 Å². The number of rotatable bonds is 5. The van der Waals surface area contributed by atoms with Crippen LogP contribution in [0.1, 0.15) is 52.0 Å². The number of urea groups is 1. The van der Waals surface area contributed by atoms with Crippen LogP contribution < -0.4 is 10.6 Å². The average Bonchev–Trinajstić information content (AvgIpc) is 2.79. The molecule has 0 spiro atoms. The van der Waals surface area contributed by atoms with Gasteiger partial charge < -0.3 is 9.80 Å². The van der Waals surface area contributed by atoms with Crippen molar-refractivity contribution in [3.8, 4) is 0 Å². The summed E-state index contributed by atoms with van der Waals surface area (Å²) < 4.78 is 27.1. The van der Waals surface area contributed by atoms with Crippen molar-refractivity contribution in [1.82, 2.24) is 15.1 Å². The van der Waals surface area contributed by atoms with Crippen LogP contribution in [-0.4, -0.2) is 66.7 Å². The number of nitrogens with two attached hydrogens (primary N) is 1. The zero-order valence-corrected chi connectivity index (χ0v) is 20.5. The number of piperidine rings is 1. The second-order valence-electron chi connectivity index (χ2n) is 10.3. The van der Waals surface area contributed by atoms with Crippen LogP contribution in [0, 0.1) is 22.5 Å². The van der Waals surface area contributed by atoms with Crippen LogP contribution in [0.15, 0.2) is 29.5 Å². The van der Waals surface area contributed by atoms with Crippen LogP contribution in [0.5, 0.6) is 0 Å². The Kier molecular flexibility index (Phi) is 8.20. The number of hydrogen-bond donors (Lipinski definition) is 3. The number of carbonyl (C=O) groups excluding carboxylic acids is 2. The number of primary amides is 1. The highest BCUT2D eigenvalue weighted by Gasteiger charge is 2.37. The Labute approximate surface area is 200 Å². The minimum atomic E-state index is -1.01. The fourth-order valence-corrected chi connectivity index (χ4v) is 4.43. The predicted molar refractivity (Wildman–Crippen MR) is 126 cm³/mol. The monoisotopic (exact) mass is 476 g/mol. The van der Waals surface area contributed by atoms with Crippen molar-refractivity contribution in [2.24, 2.45) is 5.41 Å². The van der Waals surface area contributed by atoms with E-state index in [1.54, 1.807) is 0 Å². The van der Waals surface area contributed by atoms with Gasteiger partial charge in [-0.25, -0.2) is 18.9 Å². The van der Waals surface area contributed by atoms with E-state index < -0.39 is 23.1 Å². The number of amides is 3. The molecule has 1 aromatic carbocycles. The predicted octanol–water partition coefficient (Wildman–Crippen LogP) is 2.62. The summed E-state index contributed by atoms with van der Waals surface area (Å²) in [4.78, 5) is 30.1. The van der Waals surface area contributed by atoms with Gasteiger partial charge in [-0.3, -0.25) is 15.5 Å². The fourth-order valence-electron chi connectivity index (χ4n) is 4.43. The molecule has 3 rings (SSSR count). The average molecular weight is 477 g/mol. The second kappa shape index (κ2) is 10.7. The van der Waals surface area contributed by atoms with Gasteiger partial charge in [0.05, 0.1) is 5.71 Å². The second-order valence-corrected chi connectivity index (χ2v) is 10.3. The third-order valence-electron chi connectivity index (χ3n) is 6.46. The lowest BCUT2D eigenvalue weighted by Gasteiger charge is -2.36. The van der Waals surface area contributed by atoms with E-state index in [0.29, 0.717) is 43.9 Å². The highest BCUT2D eigenvalue weighted by atomic mass is 19.2. The summed E-state index contributed by atoms with van der Waals surface area (Å²) in [7, 11) is 1.91. The molecule has 2 heterocycles. The van der Waals surface area contributed by atoms with Crippen molar-refractivity contribution in [1.29, 1.82) is 5.41 Å². The molecule has 9 heteroatoms. The van der Waals surface area contributed by atoms with Gasteiger partial charge in [-0.2, -0.15) is 0 Å². The first-order chi connectivity index (χ1) is 16.0. The number of likely N-dealkylation sites (tertiary alicyclic amines) is 1. The Hall–Kier alpha value is -2.65. The Bertz CT molecular complexity index is 980. The zero-order chi connectivity index (χ0) is 25.0. The minimum Gasteiger partial charge on any atom is -0.341 e. The van der Waals surface area contributed by atoms with E-state index in [1.165, 1.54) is 11.4 Å². The standard InChI is InChI=1S/C25H35F2N5O2/c1-25(2,3)22(23(33)32-11-6-5-7-12-32)30-24(34)29-20-10-13-31(4)15-17(20)21(28)16-8-9-18(26)19(27)14-16/h8-9,14,22,28H,5-7,10-13,15H2,1-4H3,(H2,29,30,34)/p+1/t22-/m1/s1. The molecule has 2 aliphatic heterocycles. The van der Waals surface area contributed by atoms with Crippen LogP contribution in [0.25, 0.3) is 0 Å². The van der Waals surface area contributed by atoms with Gasteiger partial charge in [-0.05, 0) is 49.9 Å². The molecule has 7 nitrogen and oxygen atoms in total. The van der Waals surface area contributed by atoms with E-state index in [9.17, 15) is 18.4 Å². The van der Waals surface area contributed by atoms with E-state index in [0.717, 1.165) is 31.4 Å². The van der Waals surface area contributed by atoms with Crippen molar-refractivity contribution < 1.29 is 23.7 Å². The van der Waals surface area contributed by atoms with Crippen LogP contribution in [-0.2, 0) is 4.79 Å². The van der Waals surface area contributed by atoms with Gasteiger partial charge in [0, 0.05) is 43.7 Å². The van der Waals surface area contributed by atoms with Gasteiger partial charge in [-0.15, -0.1) is 0 Å². The summed E-state index contributed by atoms with van der Waals surface area (Å²) >= 11 is 0. The van der Waals surface area contributed by atoms with Crippen LogP contribution in [0.2, 0.25) is 0 Å². The third kappa shape index (κ3) is 6.27. The van der Waals surface area contributed by atoms with Gasteiger partial charge >= 0.3 is 6.03 Å². The number of nitrogens with one attached hydrogen (secondary N) is 2. The normalized spacial score (nSPS) is 18.6. The zero-order valence-electron chi connectivity index (χ0n) is 20.5. The first kappa shape index (κ1) is 26.0. The van der Waals surface area contributed by atoms with Crippen molar-refractivity contribution in [2.75, 3.05) is 33.2 Å². The number of hydrogen-bond acceptors (Lipinski definition) is 4. The molecule has 1 saturated heterocycles. The van der Waals surface area contributed by atoms with Crippen molar-refractivity contribution >= 4 is 17.6 Å². The molecular formula is C25H36F2N5O2+. The summed E-state index contributed by atoms with van der Waals surface area (Å²) in [6.45, 7) is 8.31. The van der Waals surface area contributed by atoms with Gasteiger partial charge in [0.1, 0.15) is 11.7 Å².